The molecule has 0 unspecified atom stereocenters. The Labute approximate surface area is 139 Å². The van der Waals surface area contributed by atoms with Gasteiger partial charge in [-0.15, -0.1) is 0 Å². The van der Waals surface area contributed by atoms with Crippen LogP contribution in [0.15, 0.2) is 61.3 Å². The summed E-state index contributed by atoms with van der Waals surface area (Å²) in [5, 5.41) is 4.29. The van der Waals surface area contributed by atoms with Gasteiger partial charge in [-0.05, 0) is 29.8 Å². The highest BCUT2D eigenvalue weighted by Crippen LogP contribution is 2.30. The van der Waals surface area contributed by atoms with E-state index < -0.39 is 0 Å². The fraction of sp³-hybridized carbons (Fsp3) is 0.111. The van der Waals surface area contributed by atoms with Crippen molar-refractivity contribution < 1.29 is 0 Å². The maximum absolute atomic E-state index is 5.82. The molecule has 4 aromatic rings. The van der Waals surface area contributed by atoms with Crippen LogP contribution >= 0.6 is 0 Å². The molecule has 0 spiro atoms. The first-order chi connectivity index (χ1) is 11.7. The summed E-state index contributed by atoms with van der Waals surface area (Å²) in [6.45, 7) is 0. The van der Waals surface area contributed by atoms with Crippen molar-refractivity contribution in [2.75, 3.05) is 5.73 Å². The number of nitrogens with zero attached hydrogens (tertiary/aromatic N) is 5. The molecule has 4 rings (SSSR count). The van der Waals surface area contributed by atoms with Crippen LogP contribution in [0.25, 0.3) is 11.0 Å². The Balaban J connectivity index is 1.88. The second-order valence-corrected chi connectivity index (χ2v) is 5.71. The summed E-state index contributed by atoms with van der Waals surface area (Å²) in [5.41, 5.74) is 11.1. The van der Waals surface area contributed by atoms with Crippen molar-refractivity contribution in [3.05, 3.63) is 78.1 Å². The van der Waals surface area contributed by atoms with E-state index in [0.29, 0.717) is 5.69 Å². The number of fused-ring (bicyclic) bond motifs is 1. The van der Waals surface area contributed by atoms with Gasteiger partial charge in [0.1, 0.15) is 0 Å². The van der Waals surface area contributed by atoms with Crippen molar-refractivity contribution in [1.29, 1.82) is 0 Å². The van der Waals surface area contributed by atoms with Crippen molar-refractivity contribution in [2.24, 2.45) is 7.05 Å². The van der Waals surface area contributed by atoms with E-state index in [4.69, 9.17) is 10.7 Å². The third-order valence-electron chi connectivity index (χ3n) is 3.96. The van der Waals surface area contributed by atoms with E-state index in [-0.39, 0.29) is 5.92 Å². The van der Waals surface area contributed by atoms with Crippen LogP contribution in [0, 0.1) is 0 Å². The van der Waals surface area contributed by atoms with Crippen LogP contribution in [0.5, 0.6) is 0 Å². The number of nitrogen functional groups attached to an aromatic ring is 1. The predicted molar refractivity (Wildman–Crippen MR) is 92.3 cm³/mol. The zero-order valence-corrected chi connectivity index (χ0v) is 13.2. The average Bonchev–Trinajstić information content (AvgIpc) is 3.02. The second-order valence-electron chi connectivity index (χ2n) is 5.71. The minimum atomic E-state index is -0.0677. The minimum Gasteiger partial charge on any atom is -0.399 e. The monoisotopic (exact) mass is 316 g/mol. The predicted octanol–water partition coefficient (Wildman–Crippen LogP) is 2.52. The summed E-state index contributed by atoms with van der Waals surface area (Å²) in [7, 11) is 1.90. The summed E-state index contributed by atoms with van der Waals surface area (Å²) < 4.78 is 1.79. The molecule has 0 aliphatic carbocycles. The van der Waals surface area contributed by atoms with Crippen LogP contribution in [0.1, 0.15) is 22.7 Å². The summed E-state index contributed by atoms with van der Waals surface area (Å²) in [6, 6.07) is 9.53. The van der Waals surface area contributed by atoms with Crippen LogP contribution in [0.3, 0.4) is 0 Å². The Kier molecular flexibility index (Phi) is 3.42. The molecule has 118 valence electrons. The largest absolute Gasteiger partial charge is 0.399 e. The van der Waals surface area contributed by atoms with Crippen LogP contribution in [-0.2, 0) is 7.05 Å². The maximum atomic E-state index is 5.82. The Morgan fingerprint density at radius 1 is 1.04 bits per heavy atom. The van der Waals surface area contributed by atoms with Crippen molar-refractivity contribution >= 4 is 16.7 Å². The first-order valence-corrected chi connectivity index (χ1v) is 7.61. The fourth-order valence-electron chi connectivity index (χ4n) is 2.85. The average molecular weight is 316 g/mol. The molecule has 0 saturated carbocycles. The number of nitrogens with two attached hydrogens (primary N) is 1. The molecule has 0 radical (unpaired) electrons. The number of hydrogen-bond acceptors (Lipinski definition) is 5. The fourth-order valence-corrected chi connectivity index (χ4v) is 2.85. The highest BCUT2D eigenvalue weighted by atomic mass is 15.2. The molecule has 1 aromatic carbocycles. The lowest BCUT2D eigenvalue weighted by Crippen LogP contribution is -2.06. The van der Waals surface area contributed by atoms with Crippen molar-refractivity contribution in [3.63, 3.8) is 0 Å². The molecule has 0 amide bonds. The third kappa shape index (κ3) is 2.58. The molecule has 3 heterocycles. The molecule has 3 aromatic heterocycles. The van der Waals surface area contributed by atoms with Gasteiger partial charge in [-0.3, -0.25) is 14.6 Å². The molecule has 6 nitrogen and oxygen atoms in total. The number of aromatic nitrogens is 5. The Morgan fingerprint density at radius 2 is 1.96 bits per heavy atom. The van der Waals surface area contributed by atoms with Gasteiger partial charge in [-0.25, -0.2) is 4.98 Å². The maximum Gasteiger partial charge on any atom is 0.0907 e. The van der Waals surface area contributed by atoms with E-state index in [9.17, 15) is 0 Å². The number of benzene rings is 1. The van der Waals surface area contributed by atoms with Crippen molar-refractivity contribution in [3.8, 4) is 0 Å². The molecule has 1 atom stereocenters. The standard InChI is InChI=1S/C18H16N6/c1-24-11-13(9-22-24)18(12-3-2-6-20-8-12)17-10-21-16-7-14(19)4-5-15(16)23-17/h2-11,18H,19H2,1H3/t18-/m0/s1. The summed E-state index contributed by atoms with van der Waals surface area (Å²) in [5.74, 6) is -0.0677. The SMILES string of the molecule is Cn1cc([C@H](c2cccnc2)c2cnc3cc(N)ccc3n2)cn1. The number of aryl methyl sites for hydroxylation is 1. The highest BCUT2D eigenvalue weighted by molar-refractivity contribution is 5.78. The van der Waals surface area contributed by atoms with E-state index in [0.717, 1.165) is 27.9 Å². The molecule has 0 fully saturated rings. The zero-order valence-electron chi connectivity index (χ0n) is 13.2. The van der Waals surface area contributed by atoms with E-state index in [1.54, 1.807) is 17.1 Å². The lowest BCUT2D eigenvalue weighted by atomic mass is 9.92. The van der Waals surface area contributed by atoms with Crippen LogP contribution < -0.4 is 5.73 Å². The lowest BCUT2D eigenvalue weighted by Gasteiger charge is -2.15. The zero-order chi connectivity index (χ0) is 16.5. The minimum absolute atomic E-state index is 0.0677. The Bertz CT molecular complexity index is 993. The van der Waals surface area contributed by atoms with E-state index in [1.807, 2.05) is 56.0 Å². The smallest absolute Gasteiger partial charge is 0.0907 e. The molecule has 24 heavy (non-hydrogen) atoms. The van der Waals surface area contributed by atoms with Gasteiger partial charge < -0.3 is 5.73 Å². The van der Waals surface area contributed by atoms with Gasteiger partial charge in [-0.2, -0.15) is 5.10 Å². The molecular formula is C18H16N6. The summed E-state index contributed by atoms with van der Waals surface area (Å²) in [6.07, 6.45) is 9.26. The normalized spacial score (nSPS) is 12.4. The summed E-state index contributed by atoms with van der Waals surface area (Å²) >= 11 is 0. The number of rotatable bonds is 3. The van der Waals surface area contributed by atoms with E-state index >= 15 is 0 Å². The van der Waals surface area contributed by atoms with Gasteiger partial charge in [0.2, 0.25) is 0 Å². The molecule has 0 bridgehead atoms. The highest BCUT2D eigenvalue weighted by Gasteiger charge is 2.20. The van der Waals surface area contributed by atoms with Crippen LogP contribution in [0.4, 0.5) is 5.69 Å². The molecular weight excluding hydrogens is 300 g/mol. The number of pyridine rings is 1. The molecule has 0 saturated heterocycles. The quantitative estimate of drug-likeness (QED) is 0.587. The lowest BCUT2D eigenvalue weighted by molar-refractivity contribution is 0.766. The molecule has 6 heteroatoms. The molecule has 0 aliphatic rings. The van der Waals surface area contributed by atoms with Crippen molar-refractivity contribution in [1.82, 2.24) is 24.7 Å². The van der Waals surface area contributed by atoms with E-state index in [1.165, 1.54) is 0 Å². The Morgan fingerprint density at radius 3 is 2.71 bits per heavy atom. The number of hydrogen-bond donors (Lipinski definition) is 1. The van der Waals surface area contributed by atoms with Gasteiger partial charge in [-0.1, -0.05) is 6.07 Å². The van der Waals surface area contributed by atoms with Gasteiger partial charge in [0.05, 0.1) is 35.0 Å². The third-order valence-corrected chi connectivity index (χ3v) is 3.96. The summed E-state index contributed by atoms with van der Waals surface area (Å²) in [4.78, 5) is 13.6. The van der Waals surface area contributed by atoms with Gasteiger partial charge >= 0.3 is 0 Å². The van der Waals surface area contributed by atoms with Crippen molar-refractivity contribution in [2.45, 2.75) is 5.92 Å². The molecule has 2 N–H and O–H groups in total. The van der Waals surface area contributed by atoms with Crippen LogP contribution in [-0.4, -0.2) is 24.7 Å². The number of anilines is 1. The topological polar surface area (TPSA) is 82.5 Å². The first-order valence-electron chi connectivity index (χ1n) is 7.61. The van der Waals surface area contributed by atoms with Gasteiger partial charge in [0.15, 0.2) is 0 Å². The second kappa shape index (κ2) is 5.73. The van der Waals surface area contributed by atoms with Crippen LogP contribution in [0.2, 0.25) is 0 Å². The van der Waals surface area contributed by atoms with Gasteiger partial charge in [0.25, 0.3) is 0 Å². The van der Waals surface area contributed by atoms with Gasteiger partial charge in [0, 0.05) is 36.9 Å². The molecule has 0 aliphatic heterocycles. The Hall–Kier alpha value is -3.28. The van der Waals surface area contributed by atoms with E-state index in [2.05, 4.69) is 15.1 Å². The first kappa shape index (κ1) is 14.3.